The van der Waals surface area contributed by atoms with Crippen LogP contribution in [0.3, 0.4) is 0 Å². The molecule has 0 saturated heterocycles. The Balaban J connectivity index is 1.82. The van der Waals surface area contributed by atoms with E-state index in [0.717, 1.165) is 28.0 Å². The molecule has 0 fully saturated rings. The highest BCUT2D eigenvalue weighted by atomic mass is 16.5. The second kappa shape index (κ2) is 9.67. The van der Waals surface area contributed by atoms with Crippen LogP contribution >= 0.6 is 0 Å². The zero-order valence-corrected chi connectivity index (χ0v) is 19.5. The standard InChI is InChI=1S/C24H32N4O4/c1-14(2)13-32-24(31)21(16(4)29)25-11-17-7-8-20-19(10-17)26-22(28(20)6)18-9-15(3)23(30)27(5)12-18/h7-10,12,14,16,21,25,29H,11,13H2,1-6H3/t16-,21+/m1/s1. The number of imidazole rings is 1. The van der Waals surface area contributed by atoms with Crippen molar-refractivity contribution in [3.63, 3.8) is 0 Å². The molecule has 8 heteroatoms. The summed E-state index contributed by atoms with van der Waals surface area (Å²) in [4.78, 5) is 29.1. The highest BCUT2D eigenvalue weighted by Crippen LogP contribution is 2.24. The summed E-state index contributed by atoms with van der Waals surface area (Å²) in [6.07, 6.45) is 0.905. The van der Waals surface area contributed by atoms with Crippen LogP contribution in [0.25, 0.3) is 22.4 Å². The van der Waals surface area contributed by atoms with Crippen molar-refractivity contribution in [2.45, 2.75) is 46.4 Å². The molecule has 0 unspecified atom stereocenters. The van der Waals surface area contributed by atoms with Gasteiger partial charge in [0.05, 0.1) is 23.7 Å². The van der Waals surface area contributed by atoms with Crippen molar-refractivity contribution in [3.8, 4) is 11.4 Å². The molecule has 3 aromatic rings. The molecule has 2 atom stereocenters. The van der Waals surface area contributed by atoms with Gasteiger partial charge in [-0.1, -0.05) is 19.9 Å². The molecule has 0 radical (unpaired) electrons. The topological polar surface area (TPSA) is 98.4 Å². The lowest BCUT2D eigenvalue weighted by atomic mass is 10.1. The van der Waals surface area contributed by atoms with E-state index in [1.165, 1.54) is 0 Å². The minimum Gasteiger partial charge on any atom is -0.464 e. The molecule has 2 aromatic heterocycles. The number of hydrogen-bond acceptors (Lipinski definition) is 6. The minimum absolute atomic E-state index is 0.0274. The minimum atomic E-state index is -0.882. The average Bonchev–Trinajstić information content (AvgIpc) is 3.06. The Labute approximate surface area is 187 Å². The number of rotatable bonds is 8. The van der Waals surface area contributed by atoms with Crippen LogP contribution in [-0.2, 0) is 30.2 Å². The van der Waals surface area contributed by atoms with E-state index in [0.29, 0.717) is 18.7 Å². The van der Waals surface area contributed by atoms with Gasteiger partial charge in [-0.15, -0.1) is 0 Å². The zero-order chi connectivity index (χ0) is 23.6. The number of ether oxygens (including phenoxy) is 1. The maximum atomic E-state index is 12.3. The molecule has 1 aromatic carbocycles. The smallest absolute Gasteiger partial charge is 0.325 e. The molecule has 0 spiro atoms. The molecule has 32 heavy (non-hydrogen) atoms. The van der Waals surface area contributed by atoms with Gasteiger partial charge in [0.15, 0.2) is 0 Å². The molecule has 0 amide bonds. The number of aliphatic hydroxyl groups excluding tert-OH is 1. The second-order valence-electron chi connectivity index (χ2n) is 8.77. The number of carbonyl (C=O) groups is 1. The largest absolute Gasteiger partial charge is 0.464 e. The first-order chi connectivity index (χ1) is 15.1. The Hall–Kier alpha value is -2.97. The maximum Gasteiger partial charge on any atom is 0.325 e. The molecule has 0 saturated carbocycles. The first-order valence-electron chi connectivity index (χ1n) is 10.8. The predicted octanol–water partition coefficient (Wildman–Crippen LogP) is 2.29. The Kier molecular flexibility index (Phi) is 7.16. The van der Waals surface area contributed by atoms with Crippen LogP contribution in [0.5, 0.6) is 0 Å². The number of benzene rings is 1. The lowest BCUT2D eigenvalue weighted by Gasteiger charge is -2.20. The molecule has 0 aliphatic carbocycles. The molecule has 2 heterocycles. The first-order valence-corrected chi connectivity index (χ1v) is 10.8. The monoisotopic (exact) mass is 440 g/mol. The number of esters is 1. The van der Waals surface area contributed by atoms with Crippen LogP contribution in [0.2, 0.25) is 0 Å². The summed E-state index contributed by atoms with van der Waals surface area (Å²) >= 11 is 0. The number of aliphatic hydroxyl groups is 1. The van der Waals surface area contributed by atoms with E-state index in [1.54, 1.807) is 31.7 Å². The summed E-state index contributed by atoms with van der Waals surface area (Å²) in [6, 6.07) is 6.94. The lowest BCUT2D eigenvalue weighted by molar-refractivity contribution is -0.150. The summed E-state index contributed by atoms with van der Waals surface area (Å²) in [5.41, 5.74) is 4.20. The number of nitrogens with zero attached hydrogens (tertiary/aromatic N) is 3. The molecule has 0 bridgehead atoms. The van der Waals surface area contributed by atoms with Crippen LogP contribution in [0, 0.1) is 12.8 Å². The van der Waals surface area contributed by atoms with E-state index >= 15 is 0 Å². The van der Waals surface area contributed by atoms with E-state index in [4.69, 9.17) is 9.72 Å². The fraction of sp³-hybridized carbons (Fsp3) is 0.458. The third-order valence-corrected chi connectivity index (χ3v) is 5.39. The Morgan fingerprint density at radius 3 is 2.56 bits per heavy atom. The van der Waals surface area contributed by atoms with Crippen molar-refractivity contribution in [1.29, 1.82) is 0 Å². The summed E-state index contributed by atoms with van der Waals surface area (Å²) in [7, 11) is 3.67. The molecule has 172 valence electrons. The van der Waals surface area contributed by atoms with Crippen LogP contribution in [0.1, 0.15) is 31.9 Å². The van der Waals surface area contributed by atoms with Gasteiger partial charge in [-0.2, -0.15) is 0 Å². The van der Waals surface area contributed by atoms with Crippen molar-refractivity contribution < 1.29 is 14.6 Å². The molecule has 8 nitrogen and oxygen atoms in total. The van der Waals surface area contributed by atoms with Gasteiger partial charge in [-0.25, -0.2) is 4.98 Å². The molecular formula is C24H32N4O4. The number of hydrogen-bond donors (Lipinski definition) is 2. The van der Waals surface area contributed by atoms with Crippen molar-refractivity contribution in [2.75, 3.05) is 6.61 Å². The Morgan fingerprint density at radius 2 is 1.94 bits per heavy atom. The quantitative estimate of drug-likeness (QED) is 0.522. The number of aromatic nitrogens is 3. The van der Waals surface area contributed by atoms with E-state index in [9.17, 15) is 14.7 Å². The number of aryl methyl sites for hydroxylation is 3. The van der Waals surface area contributed by atoms with E-state index in [1.807, 2.05) is 49.7 Å². The van der Waals surface area contributed by atoms with Crippen LogP contribution in [0.4, 0.5) is 0 Å². The van der Waals surface area contributed by atoms with Gasteiger partial charge in [-0.3, -0.25) is 14.9 Å². The molecule has 3 rings (SSSR count). The van der Waals surface area contributed by atoms with E-state index < -0.39 is 18.1 Å². The fourth-order valence-corrected chi connectivity index (χ4v) is 3.63. The van der Waals surface area contributed by atoms with Crippen molar-refractivity contribution >= 4 is 17.0 Å². The van der Waals surface area contributed by atoms with Crippen molar-refractivity contribution in [2.24, 2.45) is 20.0 Å². The average molecular weight is 441 g/mol. The Morgan fingerprint density at radius 1 is 1.22 bits per heavy atom. The van der Waals surface area contributed by atoms with Gasteiger partial charge < -0.3 is 19.0 Å². The van der Waals surface area contributed by atoms with E-state index in [2.05, 4.69) is 5.32 Å². The number of nitrogens with one attached hydrogen (secondary N) is 1. The van der Waals surface area contributed by atoms with E-state index in [-0.39, 0.29) is 11.5 Å². The molecule has 0 aliphatic rings. The number of pyridine rings is 1. The lowest BCUT2D eigenvalue weighted by Crippen LogP contribution is -2.45. The van der Waals surface area contributed by atoms with Gasteiger partial charge >= 0.3 is 5.97 Å². The fourth-order valence-electron chi connectivity index (χ4n) is 3.63. The van der Waals surface area contributed by atoms with Gasteiger partial charge in [0.1, 0.15) is 11.9 Å². The highest BCUT2D eigenvalue weighted by Gasteiger charge is 2.25. The molecule has 2 N–H and O–H groups in total. The summed E-state index contributed by atoms with van der Waals surface area (Å²) in [5.74, 6) is 0.535. The van der Waals surface area contributed by atoms with Gasteiger partial charge in [-0.05, 0) is 43.5 Å². The SMILES string of the molecule is Cc1cc(-c2nc3cc(CN[C@H](C(=O)OCC(C)C)[C@@H](C)O)ccc3n2C)cn(C)c1=O. The first kappa shape index (κ1) is 23.7. The number of fused-ring (bicyclic) bond motifs is 1. The van der Waals surface area contributed by atoms with Gasteiger partial charge in [0.2, 0.25) is 0 Å². The predicted molar refractivity (Wildman–Crippen MR) is 124 cm³/mol. The van der Waals surface area contributed by atoms with Crippen LogP contribution in [0.15, 0.2) is 35.3 Å². The highest BCUT2D eigenvalue weighted by molar-refractivity contribution is 5.81. The second-order valence-corrected chi connectivity index (χ2v) is 8.77. The normalized spacial score (nSPS) is 13.5. The van der Waals surface area contributed by atoms with Crippen molar-refractivity contribution in [3.05, 3.63) is 51.9 Å². The summed E-state index contributed by atoms with van der Waals surface area (Å²) in [5, 5.41) is 13.1. The van der Waals surface area contributed by atoms with Crippen molar-refractivity contribution in [1.82, 2.24) is 19.4 Å². The van der Waals surface area contributed by atoms with Gasteiger partial charge in [0.25, 0.3) is 5.56 Å². The van der Waals surface area contributed by atoms with Crippen LogP contribution < -0.4 is 10.9 Å². The summed E-state index contributed by atoms with van der Waals surface area (Å²) in [6.45, 7) is 7.99. The van der Waals surface area contributed by atoms with Gasteiger partial charge in [0, 0.05) is 38.0 Å². The molecular weight excluding hydrogens is 408 g/mol. The molecule has 0 aliphatic heterocycles. The third-order valence-electron chi connectivity index (χ3n) is 5.39. The summed E-state index contributed by atoms with van der Waals surface area (Å²) < 4.78 is 8.84. The zero-order valence-electron chi connectivity index (χ0n) is 19.5. The van der Waals surface area contributed by atoms with Crippen LogP contribution in [-0.4, -0.2) is 43.9 Å². The number of carbonyl (C=O) groups excluding carboxylic acids is 1. The maximum absolute atomic E-state index is 12.3. The third kappa shape index (κ3) is 5.08. The Bertz CT molecular complexity index is 1150.